The monoisotopic (exact) mass is 287 g/mol. The van der Waals surface area contributed by atoms with Gasteiger partial charge in [-0.05, 0) is 31.6 Å². The quantitative estimate of drug-likeness (QED) is 0.830. The third-order valence-corrected chi connectivity index (χ3v) is 2.92. The molecule has 1 amide bonds. The van der Waals surface area contributed by atoms with Crippen molar-refractivity contribution in [3.05, 3.63) is 0 Å². The Morgan fingerprint density at radius 3 is 1.80 bits per heavy atom. The van der Waals surface area contributed by atoms with Crippen LogP contribution in [0, 0.1) is 10.8 Å². The smallest absolute Gasteiger partial charge is 0.407 e. The van der Waals surface area contributed by atoms with Gasteiger partial charge in [0.15, 0.2) is 0 Å². The second-order valence-electron chi connectivity index (χ2n) is 8.00. The van der Waals surface area contributed by atoms with Crippen LogP contribution in [-0.2, 0) is 9.53 Å². The second-order valence-corrected chi connectivity index (χ2v) is 8.00. The predicted molar refractivity (Wildman–Crippen MR) is 78.6 cm³/mol. The first-order chi connectivity index (χ1) is 8.65. The van der Waals surface area contributed by atoms with Crippen LogP contribution in [0.15, 0.2) is 0 Å². The van der Waals surface area contributed by atoms with Gasteiger partial charge in [-0.2, -0.15) is 0 Å². The maximum atomic E-state index is 12.0. The second kappa shape index (κ2) is 6.02. The van der Waals surface area contributed by atoms with E-state index in [-0.39, 0.29) is 17.9 Å². The lowest BCUT2D eigenvalue weighted by molar-refractivity contribution is -0.140. The molecule has 0 rings (SSSR count). The van der Waals surface area contributed by atoms with Crippen LogP contribution in [0.3, 0.4) is 0 Å². The lowest BCUT2D eigenvalue weighted by Gasteiger charge is -2.42. The molecule has 0 aliphatic heterocycles. The van der Waals surface area contributed by atoms with Crippen molar-refractivity contribution in [2.45, 2.75) is 73.5 Å². The lowest BCUT2D eigenvalue weighted by atomic mass is 9.69. The number of carboxylic acid groups (broad SMARTS) is 1. The van der Waals surface area contributed by atoms with Crippen molar-refractivity contribution < 1.29 is 19.4 Å². The van der Waals surface area contributed by atoms with Gasteiger partial charge in [0.2, 0.25) is 0 Å². The van der Waals surface area contributed by atoms with Crippen molar-refractivity contribution in [3.8, 4) is 0 Å². The van der Waals surface area contributed by atoms with Gasteiger partial charge in [-0.15, -0.1) is 0 Å². The van der Waals surface area contributed by atoms with Crippen LogP contribution in [0.1, 0.15) is 61.8 Å². The van der Waals surface area contributed by atoms with Crippen molar-refractivity contribution >= 4 is 12.1 Å². The predicted octanol–water partition coefficient (Wildman–Crippen LogP) is 3.43. The Bertz CT molecular complexity index is 361. The van der Waals surface area contributed by atoms with Crippen LogP contribution in [0.5, 0.6) is 0 Å². The van der Waals surface area contributed by atoms with E-state index in [0.717, 1.165) is 0 Å². The van der Waals surface area contributed by atoms with Gasteiger partial charge in [0, 0.05) is 6.04 Å². The molecule has 20 heavy (non-hydrogen) atoms. The molecule has 1 unspecified atom stereocenters. The highest BCUT2D eigenvalue weighted by atomic mass is 16.6. The molecule has 0 heterocycles. The van der Waals surface area contributed by atoms with E-state index in [9.17, 15) is 9.59 Å². The van der Waals surface area contributed by atoms with Crippen molar-refractivity contribution in [3.63, 3.8) is 0 Å². The Kier molecular flexibility index (Phi) is 5.64. The molecule has 0 aromatic rings. The molecule has 1 atom stereocenters. The van der Waals surface area contributed by atoms with Gasteiger partial charge in [0.05, 0.1) is 6.42 Å². The molecule has 5 nitrogen and oxygen atoms in total. The molecule has 0 aromatic carbocycles. The number of alkyl carbamates (subject to hydrolysis) is 1. The summed E-state index contributed by atoms with van der Waals surface area (Å²) in [6.07, 6.45) is -0.541. The zero-order valence-corrected chi connectivity index (χ0v) is 14.0. The molecule has 0 aromatic heterocycles. The molecule has 2 N–H and O–H groups in total. The Labute approximate surface area is 122 Å². The van der Waals surface area contributed by atoms with Crippen LogP contribution >= 0.6 is 0 Å². The maximum Gasteiger partial charge on any atom is 0.407 e. The average Bonchev–Trinajstić information content (AvgIpc) is 2.06. The van der Waals surface area contributed by atoms with Crippen LogP contribution in [0.2, 0.25) is 0 Å². The van der Waals surface area contributed by atoms with Gasteiger partial charge in [-0.3, -0.25) is 4.79 Å². The van der Waals surface area contributed by atoms with Crippen LogP contribution < -0.4 is 5.32 Å². The van der Waals surface area contributed by atoms with E-state index >= 15 is 0 Å². The number of rotatable bonds is 4. The van der Waals surface area contributed by atoms with E-state index in [1.54, 1.807) is 20.8 Å². The van der Waals surface area contributed by atoms with Gasteiger partial charge >= 0.3 is 12.1 Å². The Morgan fingerprint density at radius 1 is 1.05 bits per heavy atom. The number of amides is 1. The van der Waals surface area contributed by atoms with E-state index < -0.39 is 23.1 Å². The van der Waals surface area contributed by atoms with Gasteiger partial charge in [-0.1, -0.05) is 34.6 Å². The fraction of sp³-hybridized carbons (Fsp3) is 0.867. The standard InChI is InChI=1S/C15H29NO4/c1-13(2,3)11(15(7,8)9-10(17)18)16-12(19)20-14(4,5)6/h11H,9H2,1-8H3,(H,16,19)(H,17,18). The summed E-state index contributed by atoms with van der Waals surface area (Å²) in [5.41, 5.74) is -1.44. The highest BCUT2D eigenvalue weighted by Gasteiger charge is 2.41. The Hall–Kier alpha value is -1.26. The van der Waals surface area contributed by atoms with Crippen LogP contribution in [-0.4, -0.2) is 28.8 Å². The fourth-order valence-electron chi connectivity index (χ4n) is 2.50. The molecule has 0 aliphatic rings. The summed E-state index contributed by atoms with van der Waals surface area (Å²) in [4.78, 5) is 23.0. The topological polar surface area (TPSA) is 75.6 Å². The minimum atomic E-state index is -0.879. The normalized spacial score (nSPS) is 14.6. The molecule has 0 radical (unpaired) electrons. The molecule has 0 fully saturated rings. The molecule has 0 saturated carbocycles. The summed E-state index contributed by atoms with van der Waals surface area (Å²) in [6.45, 7) is 15.0. The highest BCUT2D eigenvalue weighted by Crippen LogP contribution is 2.36. The van der Waals surface area contributed by atoms with E-state index in [1.165, 1.54) is 0 Å². The number of aliphatic carboxylic acids is 1. The first-order valence-electron chi connectivity index (χ1n) is 6.86. The third-order valence-electron chi connectivity index (χ3n) is 2.92. The first kappa shape index (κ1) is 18.7. The number of carbonyl (C=O) groups excluding carboxylic acids is 1. The van der Waals surface area contributed by atoms with E-state index in [1.807, 2.05) is 34.6 Å². The minimum absolute atomic E-state index is 0.0231. The number of carbonyl (C=O) groups is 2. The van der Waals surface area contributed by atoms with Crippen LogP contribution in [0.4, 0.5) is 4.79 Å². The molecule has 0 bridgehead atoms. The summed E-state index contributed by atoms with van der Waals surface area (Å²) in [6, 6.07) is -0.319. The summed E-state index contributed by atoms with van der Waals surface area (Å²) in [5, 5.41) is 11.9. The zero-order valence-electron chi connectivity index (χ0n) is 14.0. The van der Waals surface area contributed by atoms with E-state index in [4.69, 9.17) is 9.84 Å². The average molecular weight is 287 g/mol. The lowest BCUT2D eigenvalue weighted by Crippen LogP contribution is -2.54. The summed E-state index contributed by atoms with van der Waals surface area (Å²) in [5.74, 6) is -0.879. The summed E-state index contributed by atoms with van der Waals surface area (Å²) >= 11 is 0. The van der Waals surface area contributed by atoms with Crippen molar-refractivity contribution in [2.75, 3.05) is 0 Å². The third kappa shape index (κ3) is 6.78. The summed E-state index contributed by atoms with van der Waals surface area (Å²) in [7, 11) is 0. The first-order valence-corrected chi connectivity index (χ1v) is 6.86. The van der Waals surface area contributed by atoms with E-state index in [2.05, 4.69) is 5.32 Å². The number of ether oxygens (including phenoxy) is 1. The van der Waals surface area contributed by atoms with Crippen LogP contribution in [0.25, 0.3) is 0 Å². The van der Waals surface area contributed by atoms with Crippen molar-refractivity contribution in [1.29, 1.82) is 0 Å². The number of nitrogens with one attached hydrogen (secondary N) is 1. The SMILES string of the molecule is CC(C)(C)OC(=O)NC(C(C)(C)C)C(C)(C)CC(=O)O. The molecular formula is C15H29NO4. The minimum Gasteiger partial charge on any atom is -0.481 e. The molecular weight excluding hydrogens is 258 g/mol. The van der Waals surface area contributed by atoms with Gasteiger partial charge in [-0.25, -0.2) is 4.79 Å². The highest BCUT2D eigenvalue weighted by molar-refractivity contribution is 5.70. The largest absolute Gasteiger partial charge is 0.481 e. The fourth-order valence-corrected chi connectivity index (χ4v) is 2.50. The number of hydrogen-bond donors (Lipinski definition) is 2. The Morgan fingerprint density at radius 2 is 1.50 bits per heavy atom. The summed E-state index contributed by atoms with van der Waals surface area (Å²) < 4.78 is 5.27. The van der Waals surface area contributed by atoms with Gasteiger partial charge < -0.3 is 15.2 Å². The Balaban J connectivity index is 5.11. The molecule has 0 aliphatic carbocycles. The van der Waals surface area contributed by atoms with Gasteiger partial charge in [0.1, 0.15) is 5.60 Å². The number of carboxylic acids is 1. The van der Waals surface area contributed by atoms with Crippen molar-refractivity contribution in [2.24, 2.45) is 10.8 Å². The molecule has 0 spiro atoms. The maximum absolute atomic E-state index is 12.0. The molecule has 118 valence electrons. The zero-order chi connectivity index (χ0) is 16.4. The molecule has 0 saturated heterocycles. The molecule has 5 heteroatoms. The number of hydrogen-bond acceptors (Lipinski definition) is 3. The van der Waals surface area contributed by atoms with Gasteiger partial charge in [0.25, 0.3) is 0 Å². The van der Waals surface area contributed by atoms with Crippen molar-refractivity contribution in [1.82, 2.24) is 5.32 Å². The van der Waals surface area contributed by atoms with E-state index in [0.29, 0.717) is 0 Å².